The lowest BCUT2D eigenvalue weighted by molar-refractivity contribution is 0.118. The smallest absolute Gasteiger partial charge is 0.265 e. The molecule has 1 fully saturated rings. The lowest BCUT2D eigenvalue weighted by atomic mass is 9.89. The third kappa shape index (κ3) is 5.83. The fourth-order valence-corrected chi connectivity index (χ4v) is 5.12. The molecular formula is C33H29N3O. The molecule has 1 saturated heterocycles. The molecule has 0 N–H and O–H groups in total. The molecule has 2 aliphatic heterocycles. The van der Waals surface area contributed by atoms with Crippen molar-refractivity contribution in [2.75, 3.05) is 18.0 Å². The van der Waals surface area contributed by atoms with Gasteiger partial charge in [0.2, 0.25) is 0 Å². The Balaban J connectivity index is 1.27. The quantitative estimate of drug-likeness (QED) is 0.274. The summed E-state index contributed by atoms with van der Waals surface area (Å²) in [5.41, 5.74) is 5.64. The second-order valence-electron chi connectivity index (χ2n) is 9.46. The number of allylic oxidation sites excluding steroid dienone is 3. The molecule has 3 aromatic carbocycles. The third-order valence-electron chi connectivity index (χ3n) is 7.16. The predicted octanol–water partition coefficient (Wildman–Crippen LogP) is 7.83. The van der Waals surface area contributed by atoms with Crippen LogP contribution in [0.25, 0.3) is 10.9 Å². The molecule has 0 amide bonds. The van der Waals surface area contributed by atoms with E-state index in [0.717, 1.165) is 24.2 Å². The zero-order valence-electron chi connectivity index (χ0n) is 20.8. The van der Waals surface area contributed by atoms with E-state index in [-0.39, 0.29) is 11.8 Å². The third-order valence-corrected chi connectivity index (χ3v) is 7.16. The maximum absolute atomic E-state index is 9.42. The molecule has 2 heterocycles. The van der Waals surface area contributed by atoms with E-state index < -0.39 is 0 Å². The summed E-state index contributed by atoms with van der Waals surface area (Å²) < 4.78 is 6.25. The summed E-state index contributed by atoms with van der Waals surface area (Å²) in [6, 6.07) is 31.4. The lowest BCUT2D eigenvalue weighted by Gasteiger charge is -2.34. The summed E-state index contributed by atoms with van der Waals surface area (Å²) >= 11 is 0. The molecule has 5 rings (SSSR count). The number of hydrogen-bond acceptors (Lipinski definition) is 3. The summed E-state index contributed by atoms with van der Waals surface area (Å²) in [6.45, 7) is 9.51. The van der Waals surface area contributed by atoms with Crippen molar-refractivity contribution in [3.05, 3.63) is 142 Å². The van der Waals surface area contributed by atoms with Crippen LogP contribution in [0.15, 0.2) is 114 Å². The molecule has 0 aromatic heterocycles. The van der Waals surface area contributed by atoms with Crippen molar-refractivity contribution in [3.8, 4) is 6.07 Å². The summed E-state index contributed by atoms with van der Waals surface area (Å²) in [5.74, 6) is 1.30. The number of nitriles is 1. The van der Waals surface area contributed by atoms with Gasteiger partial charge in [0, 0.05) is 25.2 Å². The van der Waals surface area contributed by atoms with Gasteiger partial charge in [-0.15, -0.1) is 0 Å². The Labute approximate surface area is 219 Å². The van der Waals surface area contributed by atoms with Crippen LogP contribution in [0.2, 0.25) is 0 Å². The van der Waals surface area contributed by atoms with Gasteiger partial charge in [-0.1, -0.05) is 78.9 Å². The molecule has 0 radical (unpaired) electrons. The average Bonchev–Trinajstić information content (AvgIpc) is 2.98. The molecule has 0 spiro atoms. The first-order chi connectivity index (χ1) is 18.2. The van der Waals surface area contributed by atoms with Gasteiger partial charge in [0.15, 0.2) is 0 Å². The summed E-state index contributed by atoms with van der Waals surface area (Å²) in [5, 5.41) is 9.42. The molecule has 0 saturated carbocycles. The van der Waals surface area contributed by atoms with E-state index in [9.17, 15) is 5.26 Å². The zero-order chi connectivity index (χ0) is 25.5. The predicted molar refractivity (Wildman–Crippen MR) is 148 cm³/mol. The zero-order valence-corrected chi connectivity index (χ0v) is 20.8. The van der Waals surface area contributed by atoms with Crippen molar-refractivity contribution in [2.24, 2.45) is 0 Å². The van der Waals surface area contributed by atoms with Crippen molar-refractivity contribution in [1.29, 1.82) is 5.26 Å². The Hall–Kier alpha value is -4.54. The highest BCUT2D eigenvalue weighted by Gasteiger charge is 2.23. The number of anilines is 1. The summed E-state index contributed by atoms with van der Waals surface area (Å²) in [6.07, 6.45) is 8.38. The van der Waals surface area contributed by atoms with Crippen LogP contribution in [0, 0.1) is 17.9 Å². The number of hydrogen-bond donors (Lipinski definition) is 0. The van der Waals surface area contributed by atoms with Gasteiger partial charge < -0.3 is 9.64 Å². The molecule has 37 heavy (non-hydrogen) atoms. The van der Waals surface area contributed by atoms with Crippen molar-refractivity contribution in [2.45, 2.75) is 31.3 Å². The van der Waals surface area contributed by atoms with Crippen molar-refractivity contribution >= 4 is 11.8 Å². The Morgan fingerprint density at radius 1 is 0.892 bits per heavy atom. The minimum Gasteiger partial charge on any atom is -0.485 e. The van der Waals surface area contributed by atoms with E-state index in [4.69, 9.17) is 11.3 Å². The first-order valence-electron chi connectivity index (χ1n) is 12.8. The van der Waals surface area contributed by atoms with Gasteiger partial charge in [-0.25, -0.2) is 10.1 Å². The van der Waals surface area contributed by atoms with E-state index >= 15 is 0 Å². The van der Waals surface area contributed by atoms with E-state index in [2.05, 4.69) is 64.3 Å². The fraction of sp³-hybridized carbons (Fsp3) is 0.212. The van der Waals surface area contributed by atoms with Gasteiger partial charge in [0.1, 0.15) is 11.9 Å². The Bertz CT molecular complexity index is 1370. The number of rotatable bonds is 5. The van der Waals surface area contributed by atoms with Gasteiger partial charge in [-0.2, -0.15) is 0 Å². The number of nitrogens with zero attached hydrogens (tertiary/aromatic N) is 3. The van der Waals surface area contributed by atoms with Gasteiger partial charge in [0.05, 0.1) is 12.6 Å². The van der Waals surface area contributed by atoms with Crippen LogP contribution in [0.4, 0.5) is 5.69 Å². The number of ether oxygens (including phenoxy) is 1. The first-order valence-corrected chi connectivity index (χ1v) is 12.8. The Morgan fingerprint density at radius 3 is 2.16 bits per heavy atom. The molecule has 4 heteroatoms. The normalized spacial score (nSPS) is 19.5. The second-order valence-corrected chi connectivity index (χ2v) is 9.46. The Kier molecular flexibility index (Phi) is 7.49. The molecule has 182 valence electrons. The molecule has 2 aliphatic rings. The maximum Gasteiger partial charge on any atom is 0.265 e. The molecule has 0 aliphatic carbocycles. The van der Waals surface area contributed by atoms with Crippen LogP contribution < -0.4 is 4.90 Å². The summed E-state index contributed by atoms with van der Waals surface area (Å²) in [4.78, 5) is 5.89. The lowest BCUT2D eigenvalue weighted by Crippen LogP contribution is -2.32. The van der Waals surface area contributed by atoms with E-state index in [0.29, 0.717) is 23.7 Å². The van der Waals surface area contributed by atoms with Crippen molar-refractivity contribution in [1.82, 2.24) is 0 Å². The van der Waals surface area contributed by atoms with Crippen molar-refractivity contribution in [3.63, 3.8) is 0 Å². The van der Waals surface area contributed by atoms with Gasteiger partial charge in [-0.3, -0.25) is 0 Å². The van der Waals surface area contributed by atoms with Crippen LogP contribution >= 0.6 is 0 Å². The molecule has 4 nitrogen and oxygen atoms in total. The molecular weight excluding hydrogens is 454 g/mol. The molecule has 1 unspecified atom stereocenters. The van der Waals surface area contributed by atoms with Crippen LogP contribution in [0.3, 0.4) is 0 Å². The first kappa shape index (κ1) is 24.2. The fourth-order valence-electron chi connectivity index (χ4n) is 5.12. The summed E-state index contributed by atoms with van der Waals surface area (Å²) in [7, 11) is 0. The standard InChI is InChI=1S/C33H29N3O/c1-35-32(24-34)29-22-31(37-33(23-29)28-10-6-3-7-11-28)17-14-25-12-15-30(16-13-25)36-20-18-27(19-21-36)26-8-4-2-5-9-26/h2-17,22,27,33H,18-21,23H2/b17-14+,32-29+. The average molecular weight is 484 g/mol. The monoisotopic (exact) mass is 483 g/mol. The number of benzene rings is 3. The molecule has 1 atom stereocenters. The highest BCUT2D eigenvalue weighted by molar-refractivity contribution is 5.58. The van der Waals surface area contributed by atoms with Gasteiger partial charge in [0.25, 0.3) is 5.70 Å². The maximum atomic E-state index is 9.42. The highest BCUT2D eigenvalue weighted by atomic mass is 16.5. The van der Waals surface area contributed by atoms with Crippen LogP contribution in [-0.2, 0) is 4.74 Å². The Morgan fingerprint density at radius 2 is 1.54 bits per heavy atom. The molecule has 0 bridgehead atoms. The minimum atomic E-state index is -0.230. The van der Waals surface area contributed by atoms with E-state index in [1.54, 1.807) is 0 Å². The van der Waals surface area contributed by atoms with Gasteiger partial charge >= 0.3 is 0 Å². The largest absolute Gasteiger partial charge is 0.485 e. The van der Waals surface area contributed by atoms with Crippen LogP contribution in [-0.4, -0.2) is 13.1 Å². The highest BCUT2D eigenvalue weighted by Crippen LogP contribution is 2.35. The second kappa shape index (κ2) is 11.5. The van der Waals surface area contributed by atoms with Crippen molar-refractivity contribution < 1.29 is 4.74 Å². The van der Waals surface area contributed by atoms with Crippen LogP contribution in [0.5, 0.6) is 0 Å². The van der Waals surface area contributed by atoms with Crippen LogP contribution in [0.1, 0.15) is 48.0 Å². The molecule has 3 aromatic rings. The van der Waals surface area contributed by atoms with E-state index in [1.165, 1.54) is 24.1 Å². The SMILES string of the molecule is [C-]#[N+]/C(C#N)=C1C=C(/C=C/c2ccc(N3CCC(c4ccccc4)CC3)cc2)OC(c2ccccc2)C\1. The van der Waals surface area contributed by atoms with E-state index in [1.807, 2.05) is 54.6 Å². The topological polar surface area (TPSA) is 40.6 Å². The van der Waals surface area contributed by atoms with Gasteiger partial charge in [-0.05, 0) is 65.3 Å². The minimum absolute atomic E-state index is 0.121. The number of piperidine rings is 1.